The third-order valence-corrected chi connectivity index (χ3v) is 5.25. The molecule has 2 aliphatic heterocycles. The lowest BCUT2D eigenvalue weighted by Gasteiger charge is -2.34. The number of ether oxygens (including phenoxy) is 1. The molecule has 26 heavy (non-hydrogen) atoms. The van der Waals surface area contributed by atoms with Crippen molar-refractivity contribution in [3.63, 3.8) is 0 Å². The molecule has 1 N–H and O–H groups in total. The highest BCUT2D eigenvalue weighted by Gasteiger charge is 2.27. The predicted molar refractivity (Wildman–Crippen MR) is 99.8 cm³/mol. The third kappa shape index (κ3) is 3.51. The van der Waals surface area contributed by atoms with Gasteiger partial charge >= 0.3 is 0 Å². The highest BCUT2D eigenvalue weighted by Crippen LogP contribution is 2.31. The van der Waals surface area contributed by atoms with E-state index in [0.29, 0.717) is 25.6 Å². The maximum absolute atomic E-state index is 12.8. The average molecular weight is 353 g/mol. The normalized spacial score (nSPS) is 18.2. The van der Waals surface area contributed by atoms with Crippen molar-refractivity contribution in [2.45, 2.75) is 18.8 Å². The van der Waals surface area contributed by atoms with Gasteiger partial charge in [-0.15, -0.1) is 0 Å². The lowest BCUT2D eigenvalue weighted by atomic mass is 9.90. The minimum atomic E-state index is -0.0499. The third-order valence-electron chi connectivity index (χ3n) is 5.25. The van der Waals surface area contributed by atoms with Crippen LogP contribution in [0.25, 0.3) is 0 Å². The SMILES string of the molecule is O=C(CN1CCC(c2cc[nH]c(=O)c2)CC1)N1CCOc2ccccc21. The van der Waals surface area contributed by atoms with E-state index >= 15 is 0 Å². The number of aromatic nitrogens is 1. The molecule has 1 saturated heterocycles. The molecule has 136 valence electrons. The van der Waals surface area contributed by atoms with E-state index in [0.717, 1.165) is 42.9 Å². The van der Waals surface area contributed by atoms with Crippen LogP contribution in [0.15, 0.2) is 47.4 Å². The summed E-state index contributed by atoms with van der Waals surface area (Å²) in [6.45, 7) is 3.30. The Labute approximate surface area is 152 Å². The number of amides is 1. The lowest BCUT2D eigenvalue weighted by Crippen LogP contribution is -2.46. The largest absolute Gasteiger partial charge is 0.490 e. The lowest BCUT2D eigenvalue weighted by molar-refractivity contribution is -0.120. The van der Waals surface area contributed by atoms with Crippen molar-refractivity contribution in [1.29, 1.82) is 0 Å². The Morgan fingerprint density at radius 2 is 1.96 bits per heavy atom. The van der Waals surface area contributed by atoms with Crippen LogP contribution in [0.5, 0.6) is 5.75 Å². The fraction of sp³-hybridized carbons (Fsp3) is 0.400. The summed E-state index contributed by atoms with van der Waals surface area (Å²) in [5, 5.41) is 0. The van der Waals surface area contributed by atoms with Gasteiger partial charge in [-0.05, 0) is 55.6 Å². The van der Waals surface area contributed by atoms with Gasteiger partial charge in [-0.1, -0.05) is 12.1 Å². The van der Waals surface area contributed by atoms with Crippen LogP contribution in [0.2, 0.25) is 0 Å². The summed E-state index contributed by atoms with van der Waals surface area (Å²) < 4.78 is 5.63. The van der Waals surface area contributed by atoms with Gasteiger partial charge in [-0.2, -0.15) is 0 Å². The topological polar surface area (TPSA) is 65.6 Å². The molecule has 0 aliphatic carbocycles. The van der Waals surface area contributed by atoms with E-state index in [2.05, 4.69) is 9.88 Å². The summed E-state index contributed by atoms with van der Waals surface area (Å²) in [6.07, 6.45) is 3.65. The summed E-state index contributed by atoms with van der Waals surface area (Å²) in [7, 11) is 0. The van der Waals surface area contributed by atoms with Crippen molar-refractivity contribution in [2.24, 2.45) is 0 Å². The zero-order chi connectivity index (χ0) is 17.9. The first-order valence-corrected chi connectivity index (χ1v) is 9.14. The fourth-order valence-corrected chi connectivity index (χ4v) is 3.84. The van der Waals surface area contributed by atoms with Crippen LogP contribution in [0, 0.1) is 0 Å². The van der Waals surface area contributed by atoms with E-state index in [1.54, 1.807) is 12.3 Å². The number of pyridine rings is 1. The first kappa shape index (κ1) is 16.8. The van der Waals surface area contributed by atoms with E-state index in [1.165, 1.54) is 0 Å². The zero-order valence-electron chi connectivity index (χ0n) is 14.7. The number of aromatic amines is 1. The molecule has 6 heteroatoms. The molecule has 1 aromatic heterocycles. The van der Waals surface area contributed by atoms with E-state index in [1.807, 2.05) is 35.2 Å². The number of fused-ring (bicyclic) bond motifs is 1. The van der Waals surface area contributed by atoms with Crippen LogP contribution in [-0.4, -0.2) is 48.6 Å². The van der Waals surface area contributed by atoms with Gasteiger partial charge < -0.3 is 14.6 Å². The van der Waals surface area contributed by atoms with Gasteiger partial charge in [0.15, 0.2) is 0 Å². The minimum Gasteiger partial charge on any atom is -0.490 e. The Kier molecular flexibility index (Phi) is 4.75. The summed E-state index contributed by atoms with van der Waals surface area (Å²) in [4.78, 5) is 31.0. The zero-order valence-corrected chi connectivity index (χ0v) is 14.7. The van der Waals surface area contributed by atoms with Gasteiger partial charge in [-0.25, -0.2) is 0 Å². The molecule has 4 rings (SSSR count). The molecule has 0 atom stereocenters. The second kappa shape index (κ2) is 7.33. The van der Waals surface area contributed by atoms with E-state index in [9.17, 15) is 9.59 Å². The number of likely N-dealkylation sites (tertiary alicyclic amines) is 1. The van der Waals surface area contributed by atoms with Gasteiger partial charge in [-0.3, -0.25) is 14.5 Å². The molecule has 0 saturated carbocycles. The van der Waals surface area contributed by atoms with Gasteiger partial charge in [0.25, 0.3) is 0 Å². The van der Waals surface area contributed by atoms with E-state index < -0.39 is 0 Å². The molecule has 1 fully saturated rings. The van der Waals surface area contributed by atoms with Crippen molar-refractivity contribution in [2.75, 3.05) is 37.7 Å². The smallest absolute Gasteiger partial charge is 0.248 e. The number of piperidine rings is 1. The highest BCUT2D eigenvalue weighted by atomic mass is 16.5. The van der Waals surface area contributed by atoms with Gasteiger partial charge in [0.1, 0.15) is 12.4 Å². The number of H-pyrrole nitrogens is 1. The molecule has 0 radical (unpaired) electrons. The Bertz CT molecular complexity index is 840. The minimum absolute atomic E-state index is 0.0499. The molecule has 3 heterocycles. The van der Waals surface area contributed by atoms with Crippen molar-refractivity contribution in [3.8, 4) is 5.75 Å². The number of rotatable bonds is 3. The number of benzene rings is 1. The van der Waals surface area contributed by atoms with Crippen LogP contribution in [0.4, 0.5) is 5.69 Å². The molecular formula is C20H23N3O3. The second-order valence-electron chi connectivity index (χ2n) is 6.90. The van der Waals surface area contributed by atoms with Crippen LogP contribution in [0.3, 0.4) is 0 Å². The standard InChI is InChI=1S/C20H23N3O3/c24-19-13-16(5-8-21-19)15-6-9-22(10-7-15)14-20(25)23-11-12-26-18-4-2-1-3-17(18)23/h1-5,8,13,15H,6-7,9-12,14H2,(H,21,24). The van der Waals surface area contributed by atoms with Crippen molar-refractivity contribution >= 4 is 11.6 Å². The summed E-state index contributed by atoms with van der Waals surface area (Å²) in [5.41, 5.74) is 1.91. The fourth-order valence-electron chi connectivity index (χ4n) is 3.84. The van der Waals surface area contributed by atoms with E-state index in [-0.39, 0.29) is 11.5 Å². The molecule has 1 amide bonds. The first-order valence-electron chi connectivity index (χ1n) is 9.14. The molecule has 1 aromatic carbocycles. The van der Waals surface area contributed by atoms with Crippen molar-refractivity contribution < 1.29 is 9.53 Å². The molecule has 2 aliphatic rings. The van der Waals surface area contributed by atoms with Gasteiger partial charge in [0, 0.05) is 12.3 Å². The molecular weight excluding hydrogens is 330 g/mol. The molecule has 0 unspecified atom stereocenters. The van der Waals surface area contributed by atoms with Crippen molar-refractivity contribution in [3.05, 3.63) is 58.5 Å². The summed E-state index contributed by atoms with van der Waals surface area (Å²) in [6, 6.07) is 11.4. The molecule has 0 bridgehead atoms. The first-order chi connectivity index (χ1) is 12.7. The number of anilines is 1. The maximum atomic E-state index is 12.8. The molecule has 6 nitrogen and oxygen atoms in total. The summed E-state index contributed by atoms with van der Waals surface area (Å²) >= 11 is 0. The molecule has 0 spiro atoms. The monoisotopic (exact) mass is 353 g/mol. The predicted octanol–water partition coefficient (Wildman–Crippen LogP) is 1.98. The number of carbonyl (C=O) groups is 1. The summed E-state index contributed by atoms with van der Waals surface area (Å²) in [5.74, 6) is 1.29. The molecule has 2 aromatic rings. The van der Waals surface area contributed by atoms with E-state index in [4.69, 9.17) is 4.74 Å². The number of nitrogens with one attached hydrogen (secondary N) is 1. The Morgan fingerprint density at radius 3 is 2.77 bits per heavy atom. The Morgan fingerprint density at radius 1 is 1.15 bits per heavy atom. The second-order valence-corrected chi connectivity index (χ2v) is 6.90. The number of nitrogens with zero attached hydrogens (tertiary/aromatic N) is 2. The maximum Gasteiger partial charge on any atom is 0.248 e. The van der Waals surface area contributed by atoms with Crippen LogP contribution < -0.4 is 15.2 Å². The number of hydrogen-bond donors (Lipinski definition) is 1. The quantitative estimate of drug-likeness (QED) is 0.916. The van der Waals surface area contributed by atoms with Crippen LogP contribution >= 0.6 is 0 Å². The Balaban J connectivity index is 1.36. The van der Waals surface area contributed by atoms with Crippen LogP contribution in [0.1, 0.15) is 24.3 Å². The Hall–Kier alpha value is -2.60. The average Bonchev–Trinajstić information content (AvgIpc) is 2.68. The number of para-hydroxylation sites is 2. The van der Waals surface area contributed by atoms with Gasteiger partial charge in [0.2, 0.25) is 11.5 Å². The number of carbonyl (C=O) groups excluding carboxylic acids is 1. The van der Waals surface area contributed by atoms with Gasteiger partial charge in [0.05, 0.1) is 18.8 Å². The van der Waals surface area contributed by atoms with Crippen molar-refractivity contribution in [1.82, 2.24) is 9.88 Å². The highest BCUT2D eigenvalue weighted by molar-refractivity contribution is 5.96. The number of hydrogen-bond acceptors (Lipinski definition) is 4. The van der Waals surface area contributed by atoms with Crippen LogP contribution in [-0.2, 0) is 4.79 Å².